The molecule has 0 aliphatic heterocycles. The molecule has 0 fully saturated rings. The van der Waals surface area contributed by atoms with Crippen molar-refractivity contribution in [3.05, 3.63) is 48.6 Å². The lowest BCUT2D eigenvalue weighted by Gasteiger charge is -2.09. The Bertz CT molecular complexity index is 888. The average molecular weight is 319 g/mol. The number of amides is 1. The lowest BCUT2D eigenvalue weighted by atomic mass is 10.1. The van der Waals surface area contributed by atoms with Crippen LogP contribution in [0.5, 0.6) is 0 Å². The number of hydrogen-bond donors (Lipinski definition) is 2. The fraction of sp³-hybridized carbons (Fsp3) is 0.0714. The van der Waals surface area contributed by atoms with Crippen molar-refractivity contribution in [1.29, 1.82) is 0 Å². The Morgan fingerprint density at radius 2 is 1.82 bits per heavy atom. The summed E-state index contributed by atoms with van der Waals surface area (Å²) in [6.45, 7) is 5.15. The zero-order valence-electron chi connectivity index (χ0n) is 11.6. The number of anilines is 1. The van der Waals surface area contributed by atoms with Crippen molar-refractivity contribution < 1.29 is 17.8 Å². The molecule has 114 valence electrons. The van der Waals surface area contributed by atoms with Crippen LogP contribution >= 0.6 is 0 Å². The summed E-state index contributed by atoms with van der Waals surface area (Å²) in [5, 5.41) is 7.46. The molecule has 0 saturated carbocycles. The SMILES string of the molecule is C=C(C)C(=O)Nc1ccc(N=NS(=O)(=O)O)c2ccccc12. The van der Waals surface area contributed by atoms with Gasteiger partial charge in [0.2, 0.25) is 0 Å². The molecule has 0 saturated heterocycles. The van der Waals surface area contributed by atoms with Gasteiger partial charge in [0.1, 0.15) is 0 Å². The van der Waals surface area contributed by atoms with Crippen LogP contribution < -0.4 is 5.32 Å². The van der Waals surface area contributed by atoms with Gasteiger partial charge >= 0.3 is 10.3 Å². The van der Waals surface area contributed by atoms with Crippen LogP contribution in [0.4, 0.5) is 11.4 Å². The van der Waals surface area contributed by atoms with Gasteiger partial charge in [-0.05, 0) is 23.6 Å². The van der Waals surface area contributed by atoms with Crippen LogP contribution in [0.15, 0.2) is 58.2 Å². The third-order valence-corrected chi connectivity index (χ3v) is 3.08. The number of rotatable bonds is 4. The number of nitrogens with zero attached hydrogens (tertiary/aromatic N) is 2. The molecule has 0 radical (unpaired) electrons. The van der Waals surface area contributed by atoms with Gasteiger partial charge in [-0.1, -0.05) is 30.8 Å². The van der Waals surface area contributed by atoms with E-state index < -0.39 is 10.3 Å². The van der Waals surface area contributed by atoms with Crippen LogP contribution in [0.25, 0.3) is 10.8 Å². The predicted molar refractivity (Wildman–Crippen MR) is 83.5 cm³/mol. The molecule has 8 heteroatoms. The van der Waals surface area contributed by atoms with Gasteiger partial charge < -0.3 is 5.32 Å². The monoisotopic (exact) mass is 319 g/mol. The first-order chi connectivity index (χ1) is 10.3. The maximum Gasteiger partial charge on any atom is 0.396 e. The van der Waals surface area contributed by atoms with E-state index in [4.69, 9.17) is 4.55 Å². The minimum atomic E-state index is -4.55. The third kappa shape index (κ3) is 3.74. The lowest BCUT2D eigenvalue weighted by Crippen LogP contribution is -2.11. The van der Waals surface area contributed by atoms with Crippen molar-refractivity contribution >= 4 is 38.4 Å². The zero-order valence-corrected chi connectivity index (χ0v) is 12.5. The van der Waals surface area contributed by atoms with E-state index in [1.54, 1.807) is 37.3 Å². The largest absolute Gasteiger partial charge is 0.396 e. The van der Waals surface area contributed by atoms with Gasteiger partial charge in [-0.3, -0.25) is 9.35 Å². The summed E-state index contributed by atoms with van der Waals surface area (Å²) in [6, 6.07) is 10.0. The molecule has 0 aliphatic carbocycles. The van der Waals surface area contributed by atoms with E-state index in [2.05, 4.69) is 21.5 Å². The van der Waals surface area contributed by atoms with Crippen molar-refractivity contribution in [3.8, 4) is 0 Å². The minimum absolute atomic E-state index is 0.251. The Morgan fingerprint density at radius 1 is 1.18 bits per heavy atom. The number of hydrogen-bond acceptors (Lipinski definition) is 4. The van der Waals surface area contributed by atoms with Gasteiger partial charge in [-0.25, -0.2) is 0 Å². The van der Waals surface area contributed by atoms with Crippen molar-refractivity contribution in [3.63, 3.8) is 0 Å². The number of nitrogens with one attached hydrogen (secondary N) is 1. The molecule has 2 aromatic rings. The standard InChI is InChI=1S/C14H13N3O4S/c1-9(2)14(18)15-12-7-8-13(16-17-22(19,20)21)11-6-4-3-5-10(11)12/h3-8H,1H2,2H3,(H,15,18)(H,19,20,21). The van der Waals surface area contributed by atoms with Crippen molar-refractivity contribution in [2.75, 3.05) is 5.32 Å². The van der Waals surface area contributed by atoms with Crippen LogP contribution in [0.2, 0.25) is 0 Å². The first-order valence-corrected chi connectivity index (χ1v) is 7.56. The summed E-state index contributed by atoms with van der Waals surface area (Å²) in [6.07, 6.45) is 0. The molecular weight excluding hydrogens is 306 g/mol. The number of fused-ring (bicyclic) bond motifs is 1. The highest BCUT2D eigenvalue weighted by atomic mass is 32.2. The minimum Gasteiger partial charge on any atom is -0.322 e. The van der Waals surface area contributed by atoms with Gasteiger partial charge in [0, 0.05) is 22.0 Å². The van der Waals surface area contributed by atoms with E-state index in [1.807, 2.05) is 0 Å². The van der Waals surface area contributed by atoms with E-state index in [1.165, 1.54) is 6.07 Å². The van der Waals surface area contributed by atoms with E-state index in [9.17, 15) is 13.2 Å². The molecule has 0 bridgehead atoms. The van der Waals surface area contributed by atoms with Crippen LogP contribution in [-0.2, 0) is 15.1 Å². The molecule has 22 heavy (non-hydrogen) atoms. The highest BCUT2D eigenvalue weighted by Crippen LogP contribution is 2.32. The molecule has 0 heterocycles. The first kappa shape index (κ1) is 15.8. The highest BCUT2D eigenvalue weighted by Gasteiger charge is 2.09. The van der Waals surface area contributed by atoms with E-state index in [0.29, 0.717) is 22.0 Å². The molecule has 1 amide bonds. The van der Waals surface area contributed by atoms with Crippen molar-refractivity contribution in [1.82, 2.24) is 0 Å². The highest BCUT2D eigenvalue weighted by molar-refractivity contribution is 7.84. The zero-order chi connectivity index (χ0) is 16.3. The smallest absolute Gasteiger partial charge is 0.322 e. The Hall–Kier alpha value is -2.58. The van der Waals surface area contributed by atoms with Gasteiger partial charge in [0.15, 0.2) is 0 Å². The fourth-order valence-corrected chi connectivity index (χ4v) is 2.00. The quantitative estimate of drug-likeness (QED) is 0.512. The maximum absolute atomic E-state index is 11.7. The summed E-state index contributed by atoms with van der Waals surface area (Å²) >= 11 is 0. The first-order valence-electron chi connectivity index (χ1n) is 6.17. The molecule has 0 aliphatic rings. The van der Waals surface area contributed by atoms with Gasteiger partial charge in [-0.2, -0.15) is 8.42 Å². The lowest BCUT2D eigenvalue weighted by molar-refractivity contribution is -0.112. The van der Waals surface area contributed by atoms with Crippen LogP contribution in [-0.4, -0.2) is 18.9 Å². The van der Waals surface area contributed by atoms with Crippen LogP contribution in [0.3, 0.4) is 0 Å². The number of benzene rings is 2. The van der Waals surface area contributed by atoms with Crippen LogP contribution in [0, 0.1) is 0 Å². The summed E-state index contributed by atoms with van der Waals surface area (Å²) in [4.78, 5) is 11.7. The summed E-state index contributed by atoms with van der Waals surface area (Å²) < 4.78 is 32.8. The molecular formula is C14H13N3O4S. The van der Waals surface area contributed by atoms with Gasteiger partial charge in [-0.15, -0.1) is 5.11 Å². The Labute approximate surface area is 127 Å². The molecule has 7 nitrogen and oxygen atoms in total. The average Bonchev–Trinajstić information content (AvgIpc) is 2.45. The van der Waals surface area contributed by atoms with Gasteiger partial charge in [0.25, 0.3) is 5.91 Å². The molecule has 2 N–H and O–H groups in total. The second-order valence-corrected chi connectivity index (χ2v) is 5.60. The predicted octanol–water partition coefficient (Wildman–Crippen LogP) is 3.24. The summed E-state index contributed by atoms with van der Waals surface area (Å²) in [5.74, 6) is -0.322. The van der Waals surface area contributed by atoms with Crippen molar-refractivity contribution in [2.45, 2.75) is 6.92 Å². The summed E-state index contributed by atoms with van der Waals surface area (Å²) in [7, 11) is -4.55. The number of carbonyl (C=O) groups excluding carboxylic acids is 1. The second kappa shape index (κ2) is 6.04. The number of carbonyl (C=O) groups is 1. The molecule has 0 spiro atoms. The molecule has 0 aromatic heterocycles. The molecule has 0 unspecified atom stereocenters. The van der Waals surface area contributed by atoms with E-state index in [0.717, 1.165) is 0 Å². The van der Waals surface area contributed by atoms with Crippen LogP contribution in [0.1, 0.15) is 6.92 Å². The molecule has 2 aromatic carbocycles. The van der Waals surface area contributed by atoms with Crippen molar-refractivity contribution in [2.24, 2.45) is 9.63 Å². The molecule has 2 rings (SSSR count). The van der Waals surface area contributed by atoms with E-state index in [-0.39, 0.29) is 11.6 Å². The summed E-state index contributed by atoms with van der Waals surface area (Å²) in [5.41, 5.74) is 1.15. The Morgan fingerprint density at radius 3 is 2.41 bits per heavy atom. The van der Waals surface area contributed by atoms with E-state index >= 15 is 0 Å². The topological polar surface area (TPSA) is 108 Å². The third-order valence-electron chi connectivity index (χ3n) is 2.79. The Kier molecular flexibility index (Phi) is 4.34. The fourth-order valence-electron chi connectivity index (χ4n) is 1.80. The Balaban J connectivity index is 2.54. The normalized spacial score (nSPS) is 11.7. The maximum atomic E-state index is 11.7. The molecule has 0 atom stereocenters. The van der Waals surface area contributed by atoms with Gasteiger partial charge in [0.05, 0.1) is 5.69 Å². The second-order valence-electron chi connectivity index (χ2n) is 4.54.